The van der Waals surface area contributed by atoms with Gasteiger partial charge in [-0.25, -0.2) is 4.98 Å². The van der Waals surface area contributed by atoms with Crippen LogP contribution in [0.2, 0.25) is 0 Å². The fourth-order valence-corrected chi connectivity index (χ4v) is 2.69. The summed E-state index contributed by atoms with van der Waals surface area (Å²) < 4.78 is 0. The molecule has 0 radical (unpaired) electrons. The number of hydrogen-bond donors (Lipinski definition) is 1. The number of likely N-dealkylation sites (N-methyl/N-ethyl adjacent to an activating group) is 1. The number of hydrogen-bond acceptors (Lipinski definition) is 4. The number of rotatable bonds is 5. The van der Waals surface area contributed by atoms with Crippen LogP contribution >= 0.6 is 11.3 Å². The number of nitrogens with two attached hydrogens (primary N) is 1. The van der Waals surface area contributed by atoms with Gasteiger partial charge in [0.05, 0.1) is 0 Å². The summed E-state index contributed by atoms with van der Waals surface area (Å²) in [5.74, 6) is 1.01. The molecule has 2 heterocycles. The molecule has 0 amide bonds. The molecule has 0 bridgehead atoms. The minimum absolute atomic E-state index is 0.540. The average Bonchev–Trinajstić information content (AvgIpc) is 2.88. The molecule has 0 aliphatic carbocycles. The highest BCUT2D eigenvalue weighted by atomic mass is 32.1. The van der Waals surface area contributed by atoms with E-state index in [1.165, 1.54) is 10.4 Å². The molecule has 2 rings (SSSR count). The quantitative estimate of drug-likeness (QED) is 0.899. The van der Waals surface area contributed by atoms with Crippen LogP contribution in [0, 0.1) is 6.92 Å². The highest BCUT2D eigenvalue weighted by molar-refractivity contribution is 7.09. The Kier molecular flexibility index (Phi) is 4.33. The Morgan fingerprint density at radius 2 is 2.22 bits per heavy atom. The van der Waals surface area contributed by atoms with Crippen LogP contribution in [0.15, 0.2) is 29.8 Å². The number of anilines is 1. The van der Waals surface area contributed by atoms with Crippen molar-refractivity contribution >= 4 is 17.2 Å². The summed E-state index contributed by atoms with van der Waals surface area (Å²) in [6, 6.07) is 6.28. The summed E-state index contributed by atoms with van der Waals surface area (Å²) in [7, 11) is 2.08. The van der Waals surface area contributed by atoms with E-state index in [1.54, 1.807) is 11.3 Å². The first-order valence-electron chi connectivity index (χ1n) is 6.10. The van der Waals surface area contributed by atoms with Crippen molar-refractivity contribution in [1.29, 1.82) is 0 Å². The Morgan fingerprint density at radius 3 is 2.89 bits per heavy atom. The number of nitrogens with zero attached hydrogens (tertiary/aromatic N) is 2. The lowest BCUT2D eigenvalue weighted by Gasteiger charge is -2.21. The molecule has 0 saturated heterocycles. The predicted molar refractivity (Wildman–Crippen MR) is 78.2 cm³/mol. The molecule has 0 aromatic carbocycles. The van der Waals surface area contributed by atoms with E-state index in [9.17, 15) is 0 Å². The zero-order valence-corrected chi connectivity index (χ0v) is 11.7. The first-order chi connectivity index (χ1) is 8.72. The summed E-state index contributed by atoms with van der Waals surface area (Å²) in [5.41, 5.74) is 8.17. The van der Waals surface area contributed by atoms with Crippen molar-refractivity contribution in [3.63, 3.8) is 0 Å². The Morgan fingerprint density at radius 1 is 1.39 bits per heavy atom. The Labute approximate surface area is 112 Å². The Hall–Kier alpha value is -1.39. The van der Waals surface area contributed by atoms with Gasteiger partial charge in [0.2, 0.25) is 0 Å². The molecule has 18 heavy (non-hydrogen) atoms. The summed E-state index contributed by atoms with van der Waals surface area (Å²) in [4.78, 5) is 8.06. The van der Waals surface area contributed by atoms with Crippen LogP contribution in [0.3, 0.4) is 0 Å². The molecule has 0 spiro atoms. The highest BCUT2D eigenvalue weighted by Gasteiger charge is 2.10. The van der Waals surface area contributed by atoms with Gasteiger partial charge in [0, 0.05) is 36.8 Å². The smallest absolute Gasteiger partial charge is 0.133 e. The second kappa shape index (κ2) is 5.98. The van der Waals surface area contributed by atoms with Gasteiger partial charge in [0.15, 0.2) is 0 Å². The van der Waals surface area contributed by atoms with Crippen LogP contribution in [0.5, 0.6) is 0 Å². The van der Waals surface area contributed by atoms with Crippen molar-refractivity contribution in [2.75, 3.05) is 18.5 Å². The van der Waals surface area contributed by atoms with Gasteiger partial charge in [-0.3, -0.25) is 0 Å². The molecule has 0 fully saturated rings. The maximum atomic E-state index is 5.82. The van der Waals surface area contributed by atoms with E-state index in [1.807, 2.05) is 12.3 Å². The average molecular weight is 261 g/mol. The normalized spacial score (nSPS) is 10.6. The lowest BCUT2D eigenvalue weighted by molar-refractivity contribution is 0.851. The van der Waals surface area contributed by atoms with E-state index in [0.29, 0.717) is 6.54 Å². The van der Waals surface area contributed by atoms with Crippen molar-refractivity contribution in [2.45, 2.75) is 19.9 Å². The third-order valence-corrected chi connectivity index (χ3v) is 4.04. The van der Waals surface area contributed by atoms with Crippen LogP contribution in [0.25, 0.3) is 0 Å². The maximum Gasteiger partial charge on any atom is 0.133 e. The number of aryl methyl sites for hydroxylation is 1. The maximum absolute atomic E-state index is 5.82. The Bertz CT molecular complexity index is 494. The fourth-order valence-electron chi connectivity index (χ4n) is 1.99. The first-order valence-corrected chi connectivity index (χ1v) is 6.98. The molecule has 2 aromatic rings. The van der Waals surface area contributed by atoms with Gasteiger partial charge in [-0.1, -0.05) is 6.07 Å². The fraction of sp³-hybridized carbons (Fsp3) is 0.357. The van der Waals surface area contributed by atoms with E-state index in [-0.39, 0.29) is 0 Å². The summed E-state index contributed by atoms with van der Waals surface area (Å²) >= 11 is 1.80. The standard InChI is InChI=1S/C14H19N3S/c1-11-5-7-16-14(13(11)10-15)17(2)8-6-12-4-3-9-18-12/h3-5,7,9H,6,8,10,15H2,1-2H3. The molecule has 0 atom stereocenters. The van der Waals surface area contributed by atoms with E-state index in [2.05, 4.69) is 41.4 Å². The molecule has 2 N–H and O–H groups in total. The molecule has 0 aliphatic rings. The highest BCUT2D eigenvalue weighted by Crippen LogP contribution is 2.20. The van der Waals surface area contributed by atoms with E-state index in [0.717, 1.165) is 24.3 Å². The topological polar surface area (TPSA) is 42.2 Å². The van der Waals surface area contributed by atoms with Crippen LogP contribution in [-0.2, 0) is 13.0 Å². The van der Waals surface area contributed by atoms with Crippen LogP contribution < -0.4 is 10.6 Å². The van der Waals surface area contributed by atoms with E-state index >= 15 is 0 Å². The second-order valence-corrected chi connectivity index (χ2v) is 5.42. The first kappa shape index (κ1) is 13.1. The van der Waals surface area contributed by atoms with Crippen molar-refractivity contribution < 1.29 is 0 Å². The predicted octanol–water partition coefficient (Wildman–Crippen LogP) is 2.59. The molecule has 96 valence electrons. The molecular formula is C14H19N3S. The van der Waals surface area contributed by atoms with Gasteiger partial charge in [0.25, 0.3) is 0 Å². The molecule has 2 aromatic heterocycles. The van der Waals surface area contributed by atoms with Gasteiger partial charge in [-0.15, -0.1) is 11.3 Å². The molecule has 4 heteroatoms. The van der Waals surface area contributed by atoms with Gasteiger partial charge in [-0.2, -0.15) is 0 Å². The van der Waals surface area contributed by atoms with E-state index in [4.69, 9.17) is 5.73 Å². The monoisotopic (exact) mass is 261 g/mol. The summed E-state index contributed by atoms with van der Waals surface area (Å²) in [5, 5.41) is 2.12. The second-order valence-electron chi connectivity index (χ2n) is 4.39. The molecule has 3 nitrogen and oxygen atoms in total. The minimum Gasteiger partial charge on any atom is -0.359 e. The van der Waals surface area contributed by atoms with Crippen molar-refractivity contribution in [3.8, 4) is 0 Å². The lowest BCUT2D eigenvalue weighted by atomic mass is 10.1. The SMILES string of the molecule is Cc1ccnc(N(C)CCc2cccs2)c1CN. The van der Waals surface area contributed by atoms with Crippen LogP contribution in [-0.4, -0.2) is 18.6 Å². The largest absolute Gasteiger partial charge is 0.359 e. The van der Waals surface area contributed by atoms with Crippen molar-refractivity contribution in [1.82, 2.24) is 4.98 Å². The molecule has 0 aliphatic heterocycles. The zero-order valence-electron chi connectivity index (χ0n) is 10.9. The molecule has 0 saturated carbocycles. The molecule has 0 unspecified atom stereocenters. The minimum atomic E-state index is 0.540. The lowest BCUT2D eigenvalue weighted by Crippen LogP contribution is -2.23. The van der Waals surface area contributed by atoms with Crippen LogP contribution in [0.1, 0.15) is 16.0 Å². The van der Waals surface area contributed by atoms with Gasteiger partial charge in [0.1, 0.15) is 5.82 Å². The van der Waals surface area contributed by atoms with Crippen LogP contribution in [0.4, 0.5) is 5.82 Å². The van der Waals surface area contributed by atoms with Gasteiger partial charge >= 0.3 is 0 Å². The molecular weight excluding hydrogens is 242 g/mol. The third-order valence-electron chi connectivity index (χ3n) is 3.11. The Balaban J connectivity index is 2.08. The van der Waals surface area contributed by atoms with E-state index < -0.39 is 0 Å². The van der Waals surface area contributed by atoms with Gasteiger partial charge < -0.3 is 10.6 Å². The van der Waals surface area contributed by atoms with Gasteiger partial charge in [-0.05, 0) is 36.4 Å². The van der Waals surface area contributed by atoms with Crippen molar-refractivity contribution in [2.24, 2.45) is 5.73 Å². The number of thiophene rings is 1. The van der Waals surface area contributed by atoms with Crippen molar-refractivity contribution in [3.05, 3.63) is 45.8 Å². The summed E-state index contributed by atoms with van der Waals surface area (Å²) in [6.45, 7) is 3.59. The number of pyridine rings is 1. The summed E-state index contributed by atoms with van der Waals surface area (Å²) in [6.07, 6.45) is 2.90. The zero-order chi connectivity index (χ0) is 13.0. The number of aromatic nitrogens is 1. The third kappa shape index (κ3) is 2.89.